The number of rotatable bonds is 3. The fraction of sp³-hybridized carbons (Fsp3) is 0.600. The van der Waals surface area contributed by atoms with Crippen LogP contribution in [0, 0.1) is 18.7 Å². The minimum Gasteiger partial charge on any atom is -0.394 e. The lowest BCUT2D eigenvalue weighted by atomic mass is 10.0. The van der Waals surface area contributed by atoms with Crippen molar-refractivity contribution in [2.24, 2.45) is 5.92 Å². The van der Waals surface area contributed by atoms with E-state index in [9.17, 15) is 14.6 Å². The summed E-state index contributed by atoms with van der Waals surface area (Å²) < 4.78 is 13.7. The van der Waals surface area contributed by atoms with Crippen LogP contribution in [-0.2, 0) is 0 Å². The van der Waals surface area contributed by atoms with Gasteiger partial charge in [-0.15, -0.1) is 0 Å². The Morgan fingerprint density at radius 3 is 2.74 bits per heavy atom. The molecule has 1 aromatic rings. The molecule has 0 amide bonds. The van der Waals surface area contributed by atoms with Crippen LogP contribution in [-0.4, -0.2) is 29.4 Å². The van der Waals surface area contributed by atoms with Crippen LogP contribution in [0.3, 0.4) is 0 Å². The normalized spacial score (nSPS) is 24.8. The first-order chi connectivity index (χ1) is 8.95. The molecule has 1 aliphatic rings. The van der Waals surface area contributed by atoms with Crippen molar-refractivity contribution >= 4 is 5.69 Å². The zero-order valence-electron chi connectivity index (χ0n) is 11.7. The Labute approximate surface area is 113 Å². The Kier molecular flexibility index (Phi) is 4.11. The number of aryl methyl sites for hydroxylation is 1. The summed E-state index contributed by atoms with van der Waals surface area (Å²) >= 11 is 0. The van der Waals surface area contributed by atoms with E-state index >= 15 is 0 Å². The van der Waals surface area contributed by atoms with E-state index in [1.54, 1.807) is 19.9 Å². The molecule has 2 N–H and O–H groups in total. The standard InChI is InChI=1S/C15H22FNO2/c1-9-4-5-17(15(9)8-18)14-6-10(2)13(16)7-12(14)11(3)19/h6-7,9,11,15,18-19H,4-5,8H2,1-3H3. The topological polar surface area (TPSA) is 43.7 Å². The lowest BCUT2D eigenvalue weighted by molar-refractivity contribution is 0.198. The number of anilines is 1. The third kappa shape index (κ3) is 2.60. The molecule has 1 aromatic carbocycles. The minimum atomic E-state index is -0.722. The number of nitrogens with zero attached hydrogens (tertiary/aromatic N) is 1. The quantitative estimate of drug-likeness (QED) is 0.884. The highest BCUT2D eigenvalue weighted by Gasteiger charge is 2.32. The molecule has 3 unspecified atom stereocenters. The van der Waals surface area contributed by atoms with Gasteiger partial charge in [-0.25, -0.2) is 4.39 Å². The lowest BCUT2D eigenvalue weighted by Gasteiger charge is -2.30. The third-order valence-corrected chi connectivity index (χ3v) is 4.14. The predicted octanol–water partition coefficient (Wildman–Crippen LogP) is 2.39. The van der Waals surface area contributed by atoms with Crippen LogP contribution in [0.1, 0.15) is 37.5 Å². The molecule has 1 aliphatic heterocycles. The summed E-state index contributed by atoms with van der Waals surface area (Å²) in [5.74, 6) is 0.102. The number of benzene rings is 1. The molecule has 3 atom stereocenters. The molecule has 0 aliphatic carbocycles. The smallest absolute Gasteiger partial charge is 0.126 e. The summed E-state index contributed by atoms with van der Waals surface area (Å²) in [6.07, 6.45) is 0.279. The molecule has 1 fully saturated rings. The highest BCUT2D eigenvalue weighted by Crippen LogP contribution is 2.35. The first-order valence-electron chi connectivity index (χ1n) is 6.81. The van der Waals surface area contributed by atoms with Crippen LogP contribution < -0.4 is 4.90 Å². The zero-order valence-corrected chi connectivity index (χ0v) is 11.7. The average Bonchev–Trinajstić information content (AvgIpc) is 2.72. The number of halogens is 1. The van der Waals surface area contributed by atoms with Gasteiger partial charge in [0, 0.05) is 17.8 Å². The second-order valence-corrected chi connectivity index (χ2v) is 5.55. The van der Waals surface area contributed by atoms with E-state index in [2.05, 4.69) is 11.8 Å². The van der Waals surface area contributed by atoms with Gasteiger partial charge in [-0.2, -0.15) is 0 Å². The molecule has 0 bridgehead atoms. The van der Waals surface area contributed by atoms with Crippen LogP contribution in [0.5, 0.6) is 0 Å². The fourth-order valence-electron chi connectivity index (χ4n) is 2.85. The maximum atomic E-state index is 13.7. The van der Waals surface area contributed by atoms with E-state index in [0.717, 1.165) is 18.7 Å². The van der Waals surface area contributed by atoms with E-state index in [0.29, 0.717) is 17.0 Å². The summed E-state index contributed by atoms with van der Waals surface area (Å²) in [4.78, 5) is 2.10. The van der Waals surface area contributed by atoms with Crippen LogP contribution in [0.4, 0.5) is 10.1 Å². The Balaban J connectivity index is 2.46. The van der Waals surface area contributed by atoms with Gasteiger partial charge in [0.25, 0.3) is 0 Å². The van der Waals surface area contributed by atoms with Crippen molar-refractivity contribution in [1.29, 1.82) is 0 Å². The highest BCUT2D eigenvalue weighted by molar-refractivity contribution is 5.58. The van der Waals surface area contributed by atoms with Gasteiger partial charge in [-0.3, -0.25) is 0 Å². The molecule has 0 saturated carbocycles. The summed E-state index contributed by atoms with van der Waals surface area (Å²) in [5.41, 5.74) is 2.00. The number of aliphatic hydroxyl groups excluding tert-OH is 2. The monoisotopic (exact) mass is 267 g/mol. The third-order valence-electron chi connectivity index (χ3n) is 4.14. The zero-order chi connectivity index (χ0) is 14.2. The van der Waals surface area contributed by atoms with Gasteiger partial charge in [-0.1, -0.05) is 6.92 Å². The maximum Gasteiger partial charge on any atom is 0.126 e. The van der Waals surface area contributed by atoms with E-state index in [-0.39, 0.29) is 18.5 Å². The summed E-state index contributed by atoms with van der Waals surface area (Å²) in [7, 11) is 0. The van der Waals surface area contributed by atoms with Crippen molar-refractivity contribution in [1.82, 2.24) is 0 Å². The maximum absolute atomic E-state index is 13.7. The summed E-state index contributed by atoms with van der Waals surface area (Å²) in [6.45, 7) is 6.38. The first kappa shape index (κ1) is 14.3. The van der Waals surface area contributed by atoms with Crippen molar-refractivity contribution in [2.45, 2.75) is 39.3 Å². The molecule has 0 spiro atoms. The van der Waals surface area contributed by atoms with E-state index < -0.39 is 6.10 Å². The molecular formula is C15H22FNO2. The van der Waals surface area contributed by atoms with E-state index in [4.69, 9.17) is 0 Å². The van der Waals surface area contributed by atoms with Gasteiger partial charge in [0.05, 0.1) is 18.8 Å². The van der Waals surface area contributed by atoms with Crippen molar-refractivity contribution in [3.05, 3.63) is 29.1 Å². The SMILES string of the molecule is Cc1cc(N2CCC(C)C2CO)c(C(C)O)cc1F. The molecule has 3 nitrogen and oxygen atoms in total. The molecule has 2 rings (SSSR count). The van der Waals surface area contributed by atoms with Crippen molar-refractivity contribution in [2.75, 3.05) is 18.1 Å². The van der Waals surface area contributed by atoms with Crippen LogP contribution in [0.2, 0.25) is 0 Å². The Morgan fingerprint density at radius 2 is 2.16 bits per heavy atom. The van der Waals surface area contributed by atoms with Crippen molar-refractivity contribution in [3.8, 4) is 0 Å². The largest absolute Gasteiger partial charge is 0.394 e. The molecule has 106 valence electrons. The first-order valence-corrected chi connectivity index (χ1v) is 6.81. The fourth-order valence-corrected chi connectivity index (χ4v) is 2.85. The van der Waals surface area contributed by atoms with E-state index in [1.165, 1.54) is 6.07 Å². The van der Waals surface area contributed by atoms with Crippen LogP contribution in [0.15, 0.2) is 12.1 Å². The summed E-state index contributed by atoms with van der Waals surface area (Å²) in [6, 6.07) is 3.23. The van der Waals surface area contributed by atoms with Gasteiger partial charge >= 0.3 is 0 Å². The highest BCUT2D eigenvalue weighted by atomic mass is 19.1. The summed E-state index contributed by atoms with van der Waals surface area (Å²) in [5, 5.41) is 19.4. The second-order valence-electron chi connectivity index (χ2n) is 5.55. The molecule has 0 aromatic heterocycles. The van der Waals surface area contributed by atoms with Gasteiger partial charge < -0.3 is 15.1 Å². The van der Waals surface area contributed by atoms with Crippen LogP contribution in [0.25, 0.3) is 0 Å². The minimum absolute atomic E-state index is 0.0439. The van der Waals surface area contributed by atoms with Crippen molar-refractivity contribution in [3.63, 3.8) is 0 Å². The Hall–Kier alpha value is -1.13. The number of hydrogen-bond donors (Lipinski definition) is 2. The van der Waals surface area contributed by atoms with Gasteiger partial charge in [0.15, 0.2) is 0 Å². The number of aliphatic hydroxyl groups is 2. The Morgan fingerprint density at radius 1 is 1.47 bits per heavy atom. The molecule has 1 saturated heterocycles. The predicted molar refractivity (Wildman–Crippen MR) is 73.8 cm³/mol. The van der Waals surface area contributed by atoms with Gasteiger partial charge in [0.1, 0.15) is 5.82 Å². The lowest BCUT2D eigenvalue weighted by Crippen LogP contribution is -2.36. The molecular weight excluding hydrogens is 245 g/mol. The van der Waals surface area contributed by atoms with Crippen molar-refractivity contribution < 1.29 is 14.6 Å². The average molecular weight is 267 g/mol. The molecule has 19 heavy (non-hydrogen) atoms. The molecule has 4 heteroatoms. The molecule has 0 radical (unpaired) electrons. The second kappa shape index (κ2) is 5.47. The van der Waals surface area contributed by atoms with Crippen LogP contribution >= 0.6 is 0 Å². The van der Waals surface area contributed by atoms with Gasteiger partial charge in [-0.05, 0) is 43.9 Å². The van der Waals surface area contributed by atoms with E-state index in [1.807, 2.05) is 0 Å². The Bertz CT molecular complexity index is 462. The van der Waals surface area contributed by atoms with Gasteiger partial charge in [0.2, 0.25) is 0 Å². The number of hydrogen-bond acceptors (Lipinski definition) is 3. The molecule has 1 heterocycles.